The Morgan fingerprint density at radius 1 is 0.375 bits per heavy atom. The summed E-state index contributed by atoms with van der Waals surface area (Å²) in [5.41, 5.74) is 9.61. The Morgan fingerprint density at radius 3 is 1.54 bits per heavy atom. The summed E-state index contributed by atoms with van der Waals surface area (Å²) in [4.78, 5) is 15.1. The van der Waals surface area contributed by atoms with Gasteiger partial charge in [0.25, 0.3) is 0 Å². The van der Waals surface area contributed by atoms with Gasteiger partial charge in [0.05, 0.1) is 5.41 Å². The predicted octanol–water partition coefficient (Wildman–Crippen LogP) is 10.5. The molecule has 2 heterocycles. The first-order chi connectivity index (χ1) is 23.8. The van der Waals surface area contributed by atoms with E-state index >= 15 is 0 Å². The number of rotatable bonds is 3. The van der Waals surface area contributed by atoms with E-state index in [1.54, 1.807) is 0 Å². The molecule has 1 aromatic heterocycles. The highest BCUT2D eigenvalue weighted by Gasteiger charge is 2.51. The molecule has 2 aliphatic rings. The fourth-order valence-corrected chi connectivity index (χ4v) is 7.75. The van der Waals surface area contributed by atoms with Gasteiger partial charge >= 0.3 is 0 Å². The summed E-state index contributed by atoms with van der Waals surface area (Å²) < 4.78 is 6.53. The van der Waals surface area contributed by atoms with Gasteiger partial charge in [-0.3, -0.25) is 0 Å². The quantitative estimate of drug-likeness (QED) is 0.199. The van der Waals surface area contributed by atoms with Crippen molar-refractivity contribution in [3.8, 4) is 56.8 Å². The second kappa shape index (κ2) is 10.3. The Bertz CT molecular complexity index is 2440. The summed E-state index contributed by atoms with van der Waals surface area (Å²) in [6.45, 7) is 0. The normalized spacial score (nSPS) is 13.3. The summed E-state index contributed by atoms with van der Waals surface area (Å²) in [6.07, 6.45) is 0. The topological polar surface area (TPSA) is 47.9 Å². The predicted molar refractivity (Wildman–Crippen MR) is 191 cm³/mol. The number of fused-ring (bicyclic) bond motifs is 10. The van der Waals surface area contributed by atoms with Crippen LogP contribution < -0.4 is 4.74 Å². The van der Waals surface area contributed by atoms with Crippen LogP contribution in [-0.2, 0) is 5.41 Å². The van der Waals surface area contributed by atoms with Crippen molar-refractivity contribution in [2.75, 3.05) is 0 Å². The Labute approximate surface area is 278 Å². The maximum atomic E-state index is 6.53. The molecule has 4 heteroatoms. The van der Waals surface area contributed by atoms with Crippen LogP contribution in [0.2, 0.25) is 0 Å². The first-order valence-corrected chi connectivity index (χ1v) is 16.2. The van der Waals surface area contributed by atoms with Gasteiger partial charge in [-0.2, -0.15) is 0 Å². The van der Waals surface area contributed by atoms with Crippen molar-refractivity contribution in [2.24, 2.45) is 0 Å². The van der Waals surface area contributed by atoms with Gasteiger partial charge in [0.15, 0.2) is 17.5 Å². The molecule has 0 saturated carbocycles. The fraction of sp³-hybridized carbons (Fsp3) is 0.0227. The number of hydrogen-bond acceptors (Lipinski definition) is 4. The van der Waals surface area contributed by atoms with E-state index < -0.39 is 5.41 Å². The van der Waals surface area contributed by atoms with Crippen LogP contribution in [0.4, 0.5) is 0 Å². The van der Waals surface area contributed by atoms with Crippen molar-refractivity contribution >= 4 is 10.8 Å². The molecular formula is C44H27N3O. The minimum absolute atomic E-state index is 0.518. The van der Waals surface area contributed by atoms with E-state index in [0.717, 1.165) is 50.1 Å². The van der Waals surface area contributed by atoms with Crippen LogP contribution in [0.25, 0.3) is 56.1 Å². The Morgan fingerprint density at radius 2 is 0.896 bits per heavy atom. The minimum Gasteiger partial charge on any atom is -0.457 e. The van der Waals surface area contributed by atoms with Crippen molar-refractivity contribution in [3.63, 3.8) is 0 Å². The van der Waals surface area contributed by atoms with Gasteiger partial charge in [-0.05, 0) is 57.3 Å². The molecule has 0 atom stereocenters. The van der Waals surface area contributed by atoms with Crippen LogP contribution in [-0.4, -0.2) is 15.0 Å². The largest absolute Gasteiger partial charge is 0.457 e. The van der Waals surface area contributed by atoms with Crippen LogP contribution >= 0.6 is 0 Å². The van der Waals surface area contributed by atoms with E-state index in [1.807, 2.05) is 60.7 Å². The third kappa shape index (κ3) is 3.80. The molecule has 4 nitrogen and oxygen atoms in total. The second-order valence-electron chi connectivity index (χ2n) is 12.4. The van der Waals surface area contributed by atoms with E-state index in [4.69, 9.17) is 19.7 Å². The molecule has 0 amide bonds. The zero-order valence-corrected chi connectivity index (χ0v) is 25.8. The van der Waals surface area contributed by atoms with Crippen molar-refractivity contribution in [1.29, 1.82) is 0 Å². The van der Waals surface area contributed by atoms with Gasteiger partial charge in [-0.25, -0.2) is 15.0 Å². The van der Waals surface area contributed by atoms with Crippen molar-refractivity contribution in [3.05, 3.63) is 186 Å². The zero-order chi connectivity index (χ0) is 31.7. The lowest BCUT2D eigenvalue weighted by Crippen LogP contribution is -2.32. The Balaban J connectivity index is 1.26. The van der Waals surface area contributed by atoms with Crippen molar-refractivity contribution in [2.45, 2.75) is 5.41 Å². The fourth-order valence-electron chi connectivity index (χ4n) is 7.75. The molecule has 1 spiro atoms. The minimum atomic E-state index is -0.518. The van der Waals surface area contributed by atoms with Gasteiger partial charge < -0.3 is 4.74 Å². The number of para-hydroxylation sites is 2. The molecule has 0 fully saturated rings. The molecule has 0 saturated heterocycles. The van der Waals surface area contributed by atoms with Crippen LogP contribution in [0, 0.1) is 0 Å². The van der Waals surface area contributed by atoms with Crippen LogP contribution in [0.5, 0.6) is 11.5 Å². The van der Waals surface area contributed by atoms with E-state index in [9.17, 15) is 0 Å². The van der Waals surface area contributed by atoms with Crippen molar-refractivity contribution < 1.29 is 4.74 Å². The lowest BCUT2D eigenvalue weighted by molar-refractivity contribution is 0.436. The monoisotopic (exact) mass is 613 g/mol. The molecular weight excluding hydrogens is 587 g/mol. The van der Waals surface area contributed by atoms with E-state index in [0.29, 0.717) is 17.5 Å². The van der Waals surface area contributed by atoms with Gasteiger partial charge in [0, 0.05) is 27.8 Å². The maximum absolute atomic E-state index is 6.53. The average molecular weight is 614 g/mol. The van der Waals surface area contributed by atoms with Gasteiger partial charge in [-0.15, -0.1) is 0 Å². The SMILES string of the molecule is c1ccc(-c2nc(-c3ccccc3)nc(-c3cccc4cc5c(cc34)-c3ccccc3C53c4ccccc4Oc4ccccc43)n2)cc1. The van der Waals surface area contributed by atoms with Crippen LogP contribution in [0.1, 0.15) is 22.3 Å². The molecule has 10 rings (SSSR count). The Hall–Kier alpha value is -6.39. The van der Waals surface area contributed by atoms with Gasteiger partial charge in [0.1, 0.15) is 11.5 Å². The smallest absolute Gasteiger partial charge is 0.164 e. The summed E-state index contributed by atoms with van der Waals surface area (Å²) >= 11 is 0. The first kappa shape index (κ1) is 26.8. The first-order valence-electron chi connectivity index (χ1n) is 16.2. The van der Waals surface area contributed by atoms with E-state index in [-0.39, 0.29) is 0 Å². The summed E-state index contributed by atoms with van der Waals surface area (Å²) in [5.74, 6) is 3.73. The molecule has 48 heavy (non-hydrogen) atoms. The average Bonchev–Trinajstić information content (AvgIpc) is 3.44. The van der Waals surface area contributed by atoms with Gasteiger partial charge in [-0.1, -0.05) is 140 Å². The second-order valence-corrected chi connectivity index (χ2v) is 12.4. The number of nitrogens with zero attached hydrogens (tertiary/aromatic N) is 3. The number of hydrogen-bond donors (Lipinski definition) is 0. The standard InChI is InChI=1S/C44H27N3O/c1-3-14-28(15-4-1)41-45-42(29-16-5-2-6-17-29)47-43(46-41)32-20-13-18-30-26-38-34(27-33(30)32)31-19-7-8-21-35(31)44(38)36-22-9-11-24-39(36)48-40-25-12-10-23-37(40)44/h1-27H. The third-order valence-electron chi connectivity index (χ3n) is 9.79. The summed E-state index contributed by atoms with van der Waals surface area (Å²) in [6, 6.07) is 57.2. The number of benzene rings is 7. The number of ether oxygens (including phenoxy) is 1. The summed E-state index contributed by atoms with van der Waals surface area (Å²) in [5, 5.41) is 2.23. The molecule has 224 valence electrons. The lowest BCUT2D eigenvalue weighted by atomic mass is 9.66. The number of aromatic nitrogens is 3. The zero-order valence-electron chi connectivity index (χ0n) is 25.8. The van der Waals surface area contributed by atoms with Gasteiger partial charge in [0.2, 0.25) is 0 Å². The third-order valence-corrected chi connectivity index (χ3v) is 9.79. The molecule has 8 aromatic rings. The van der Waals surface area contributed by atoms with Crippen LogP contribution in [0.15, 0.2) is 164 Å². The highest BCUT2D eigenvalue weighted by Crippen LogP contribution is 2.62. The molecule has 0 radical (unpaired) electrons. The summed E-state index contributed by atoms with van der Waals surface area (Å²) in [7, 11) is 0. The molecule has 0 unspecified atom stereocenters. The maximum Gasteiger partial charge on any atom is 0.164 e. The van der Waals surface area contributed by atoms with E-state index in [2.05, 4.69) is 103 Å². The molecule has 7 aromatic carbocycles. The highest BCUT2D eigenvalue weighted by atomic mass is 16.5. The lowest BCUT2D eigenvalue weighted by Gasteiger charge is -2.39. The molecule has 0 bridgehead atoms. The van der Waals surface area contributed by atoms with E-state index in [1.165, 1.54) is 22.3 Å². The molecule has 1 aliphatic heterocycles. The van der Waals surface area contributed by atoms with Crippen molar-refractivity contribution in [1.82, 2.24) is 15.0 Å². The molecule has 1 aliphatic carbocycles. The van der Waals surface area contributed by atoms with Crippen LogP contribution in [0.3, 0.4) is 0 Å². The Kier molecular flexibility index (Phi) is 5.75. The molecule has 0 N–H and O–H groups in total. The highest BCUT2D eigenvalue weighted by molar-refractivity contribution is 6.02.